The van der Waals surface area contributed by atoms with E-state index in [1.807, 2.05) is 72.8 Å². The van der Waals surface area contributed by atoms with E-state index in [-0.39, 0.29) is 5.91 Å². The van der Waals surface area contributed by atoms with Crippen molar-refractivity contribution >= 4 is 11.6 Å². The summed E-state index contributed by atoms with van der Waals surface area (Å²) in [6.45, 7) is 4.28. The lowest BCUT2D eigenvalue weighted by Crippen LogP contribution is -2.20. The van der Waals surface area contributed by atoms with Crippen LogP contribution in [0.25, 0.3) is 11.1 Å². The zero-order valence-electron chi connectivity index (χ0n) is 15.7. The van der Waals surface area contributed by atoms with Crippen molar-refractivity contribution in [2.24, 2.45) is 11.0 Å². The Balaban J connectivity index is 1.74. The molecule has 27 heavy (non-hydrogen) atoms. The summed E-state index contributed by atoms with van der Waals surface area (Å²) in [5, 5.41) is 4.41. The molecule has 0 atom stereocenters. The Morgan fingerprint density at radius 1 is 0.778 bits per heavy atom. The van der Waals surface area contributed by atoms with E-state index in [4.69, 9.17) is 0 Å². The second kappa shape index (κ2) is 8.95. The molecule has 1 N–H and O–H groups in total. The molecule has 136 valence electrons. The number of hydrogen-bond donors (Lipinski definition) is 1. The normalized spacial score (nSPS) is 11.4. The van der Waals surface area contributed by atoms with Crippen molar-refractivity contribution in [2.45, 2.75) is 20.3 Å². The van der Waals surface area contributed by atoms with Crippen LogP contribution in [0.1, 0.15) is 36.2 Å². The van der Waals surface area contributed by atoms with Crippen LogP contribution in [-0.2, 0) is 0 Å². The number of carbonyl (C=O) groups excluding carboxylic acids is 1. The van der Waals surface area contributed by atoms with Crippen LogP contribution >= 0.6 is 0 Å². The van der Waals surface area contributed by atoms with E-state index in [1.54, 1.807) is 0 Å². The summed E-state index contributed by atoms with van der Waals surface area (Å²) in [7, 11) is 0. The third-order valence-corrected chi connectivity index (χ3v) is 4.26. The number of hydrogen-bond acceptors (Lipinski definition) is 2. The Kier molecular flexibility index (Phi) is 6.16. The molecule has 3 nitrogen and oxygen atoms in total. The minimum Gasteiger partial charge on any atom is -0.267 e. The molecule has 3 aromatic rings. The van der Waals surface area contributed by atoms with Gasteiger partial charge in [-0.3, -0.25) is 4.79 Å². The summed E-state index contributed by atoms with van der Waals surface area (Å²) < 4.78 is 0. The van der Waals surface area contributed by atoms with Gasteiger partial charge in [0.2, 0.25) is 0 Å². The number of hydrazone groups is 1. The van der Waals surface area contributed by atoms with E-state index in [0.29, 0.717) is 11.5 Å². The van der Waals surface area contributed by atoms with E-state index in [9.17, 15) is 4.79 Å². The quantitative estimate of drug-likeness (QED) is 0.458. The Morgan fingerprint density at radius 3 is 1.93 bits per heavy atom. The van der Waals surface area contributed by atoms with Crippen LogP contribution in [0.15, 0.2) is 90.0 Å². The molecule has 0 aliphatic carbocycles. The molecule has 0 bridgehead atoms. The average Bonchev–Trinajstić information content (AvgIpc) is 2.72. The summed E-state index contributed by atoms with van der Waals surface area (Å²) in [5.41, 5.74) is 7.44. The highest BCUT2D eigenvalue weighted by Crippen LogP contribution is 2.19. The molecule has 0 aliphatic rings. The maximum Gasteiger partial charge on any atom is 0.271 e. The van der Waals surface area contributed by atoms with Gasteiger partial charge in [-0.2, -0.15) is 5.10 Å². The molecule has 0 aliphatic heterocycles. The smallest absolute Gasteiger partial charge is 0.267 e. The van der Waals surface area contributed by atoms with Crippen molar-refractivity contribution in [2.75, 3.05) is 0 Å². The monoisotopic (exact) mass is 356 g/mol. The first-order valence-corrected chi connectivity index (χ1v) is 9.21. The number of nitrogens with zero attached hydrogens (tertiary/aromatic N) is 1. The van der Waals surface area contributed by atoms with E-state index >= 15 is 0 Å². The maximum absolute atomic E-state index is 12.5. The highest BCUT2D eigenvalue weighted by Gasteiger charge is 2.09. The molecular formula is C24H24N2O. The van der Waals surface area contributed by atoms with Crippen LogP contribution < -0.4 is 5.43 Å². The number of rotatable bonds is 6. The minimum absolute atomic E-state index is 0.202. The van der Waals surface area contributed by atoms with Crippen LogP contribution in [0, 0.1) is 5.92 Å². The molecule has 0 unspecified atom stereocenters. The van der Waals surface area contributed by atoms with Gasteiger partial charge in [0.15, 0.2) is 0 Å². The lowest BCUT2D eigenvalue weighted by Gasteiger charge is -2.10. The first-order valence-electron chi connectivity index (χ1n) is 9.21. The van der Waals surface area contributed by atoms with Gasteiger partial charge in [0.05, 0.1) is 5.71 Å². The molecule has 0 spiro atoms. The van der Waals surface area contributed by atoms with Crippen LogP contribution in [-0.4, -0.2) is 11.6 Å². The van der Waals surface area contributed by atoms with Gasteiger partial charge in [-0.15, -0.1) is 0 Å². The summed E-state index contributed by atoms with van der Waals surface area (Å²) in [5.74, 6) is 0.248. The zero-order chi connectivity index (χ0) is 19.1. The molecule has 0 radical (unpaired) electrons. The van der Waals surface area contributed by atoms with Gasteiger partial charge in [0, 0.05) is 5.56 Å². The van der Waals surface area contributed by atoms with Gasteiger partial charge >= 0.3 is 0 Å². The Bertz CT molecular complexity index is 898. The maximum atomic E-state index is 12.5. The number of nitrogens with one attached hydrogen (secondary N) is 1. The largest absolute Gasteiger partial charge is 0.271 e. The van der Waals surface area contributed by atoms with Gasteiger partial charge in [0.1, 0.15) is 0 Å². The summed E-state index contributed by atoms with van der Waals surface area (Å²) >= 11 is 0. The standard InChI is InChI=1S/C24H24N2O/c1-18(2)17-23(21-11-7-4-8-12-21)25-26-24(27)22-15-13-20(14-16-22)19-9-5-3-6-10-19/h3-16,18H,17H2,1-2H3,(H,26,27)/b25-23+. The molecule has 0 fully saturated rings. The van der Waals surface area contributed by atoms with Crippen molar-refractivity contribution in [1.29, 1.82) is 0 Å². The van der Waals surface area contributed by atoms with Gasteiger partial charge in [-0.25, -0.2) is 5.43 Å². The zero-order valence-corrected chi connectivity index (χ0v) is 15.7. The highest BCUT2D eigenvalue weighted by atomic mass is 16.2. The minimum atomic E-state index is -0.202. The van der Waals surface area contributed by atoms with Crippen molar-refractivity contribution in [3.63, 3.8) is 0 Å². The summed E-state index contributed by atoms with van der Waals surface area (Å²) in [4.78, 5) is 12.5. The fourth-order valence-corrected chi connectivity index (χ4v) is 2.87. The number of benzene rings is 3. The molecule has 3 rings (SSSR count). The van der Waals surface area contributed by atoms with Crippen LogP contribution in [0.4, 0.5) is 0 Å². The van der Waals surface area contributed by atoms with Crippen molar-refractivity contribution in [3.05, 3.63) is 96.1 Å². The molecule has 3 heteroatoms. The van der Waals surface area contributed by atoms with Gasteiger partial charge in [-0.1, -0.05) is 86.6 Å². The van der Waals surface area contributed by atoms with Crippen LogP contribution in [0.5, 0.6) is 0 Å². The molecule has 0 saturated heterocycles. The lowest BCUT2D eigenvalue weighted by molar-refractivity contribution is 0.0954. The van der Waals surface area contributed by atoms with Crippen molar-refractivity contribution in [3.8, 4) is 11.1 Å². The second-order valence-electron chi connectivity index (χ2n) is 6.91. The van der Waals surface area contributed by atoms with Crippen LogP contribution in [0.2, 0.25) is 0 Å². The Labute approximate surface area is 160 Å². The van der Waals surface area contributed by atoms with E-state index in [2.05, 4.69) is 36.5 Å². The third kappa shape index (κ3) is 5.14. The molecular weight excluding hydrogens is 332 g/mol. The predicted molar refractivity (Wildman–Crippen MR) is 112 cm³/mol. The van der Waals surface area contributed by atoms with Crippen molar-refractivity contribution in [1.82, 2.24) is 5.43 Å². The molecule has 0 heterocycles. The number of carbonyl (C=O) groups is 1. The van der Waals surface area contributed by atoms with Crippen molar-refractivity contribution < 1.29 is 4.79 Å². The Morgan fingerprint density at radius 2 is 1.33 bits per heavy atom. The highest BCUT2D eigenvalue weighted by molar-refractivity contribution is 6.02. The topological polar surface area (TPSA) is 41.5 Å². The molecule has 1 amide bonds. The van der Waals surface area contributed by atoms with E-state index in [0.717, 1.165) is 28.8 Å². The first-order chi connectivity index (χ1) is 13.1. The molecule has 0 aromatic heterocycles. The SMILES string of the molecule is CC(C)C/C(=N\NC(=O)c1ccc(-c2ccccc2)cc1)c1ccccc1. The fourth-order valence-electron chi connectivity index (χ4n) is 2.87. The van der Waals surface area contributed by atoms with Gasteiger partial charge in [-0.05, 0) is 41.2 Å². The number of amides is 1. The molecule has 3 aromatic carbocycles. The van der Waals surface area contributed by atoms with Crippen LogP contribution in [0.3, 0.4) is 0 Å². The third-order valence-electron chi connectivity index (χ3n) is 4.26. The average molecular weight is 356 g/mol. The van der Waals surface area contributed by atoms with Gasteiger partial charge in [0.25, 0.3) is 5.91 Å². The fraction of sp³-hybridized carbons (Fsp3) is 0.167. The summed E-state index contributed by atoms with van der Waals surface area (Å²) in [6.07, 6.45) is 0.803. The molecule has 0 saturated carbocycles. The Hall–Kier alpha value is -3.20. The second-order valence-corrected chi connectivity index (χ2v) is 6.91. The van der Waals surface area contributed by atoms with E-state index < -0.39 is 0 Å². The van der Waals surface area contributed by atoms with Gasteiger partial charge < -0.3 is 0 Å². The predicted octanol–water partition coefficient (Wildman–Crippen LogP) is 5.53. The summed E-state index contributed by atoms with van der Waals surface area (Å²) in [6, 6.07) is 27.7. The lowest BCUT2D eigenvalue weighted by atomic mass is 10.0. The first kappa shape index (κ1) is 18.6. The van der Waals surface area contributed by atoms with E-state index in [1.165, 1.54) is 0 Å².